The number of hydrogen-bond acceptors (Lipinski definition) is 2. The zero-order chi connectivity index (χ0) is 7.40. The summed E-state index contributed by atoms with van der Waals surface area (Å²) in [5.41, 5.74) is 0. The monoisotopic (exact) mass is 142 g/mol. The molecule has 0 atom stereocenters. The molecule has 2 nitrogen and oxygen atoms in total. The Morgan fingerprint density at radius 3 is 2.70 bits per heavy atom. The third-order valence-corrected chi connectivity index (χ3v) is 1.89. The maximum Gasteiger partial charge on any atom is 0.308 e. The predicted octanol–water partition coefficient (Wildman–Crippen LogP) is 1.74. The number of rotatable bonds is 3. The molecule has 2 heteroatoms. The minimum atomic E-state index is 0.0214. The minimum absolute atomic E-state index is 0.0214. The van der Waals surface area contributed by atoms with Crippen LogP contribution in [0.25, 0.3) is 0 Å². The Morgan fingerprint density at radius 2 is 2.30 bits per heavy atom. The van der Waals surface area contributed by atoms with Crippen LogP contribution < -0.4 is 0 Å². The fourth-order valence-electron chi connectivity index (χ4n) is 0.964. The van der Waals surface area contributed by atoms with Crippen LogP contribution in [0.4, 0.5) is 0 Å². The Kier molecular flexibility index (Phi) is 2.72. The summed E-state index contributed by atoms with van der Waals surface area (Å²) >= 11 is 0. The van der Waals surface area contributed by atoms with Crippen molar-refractivity contribution in [2.45, 2.75) is 32.6 Å². The van der Waals surface area contributed by atoms with E-state index in [0.717, 1.165) is 19.3 Å². The number of esters is 1. The molecule has 0 saturated heterocycles. The second kappa shape index (κ2) is 3.59. The Bertz CT molecular complexity index is 116. The molecule has 58 valence electrons. The molecule has 0 aromatic carbocycles. The van der Waals surface area contributed by atoms with Gasteiger partial charge in [-0.3, -0.25) is 4.79 Å². The normalized spacial score (nSPS) is 18.1. The zero-order valence-electron chi connectivity index (χ0n) is 6.43. The van der Waals surface area contributed by atoms with E-state index in [-0.39, 0.29) is 11.9 Å². The summed E-state index contributed by atoms with van der Waals surface area (Å²) in [7, 11) is 0. The molecule has 0 aromatic heterocycles. The molecule has 10 heavy (non-hydrogen) atoms. The lowest BCUT2D eigenvalue weighted by molar-refractivity contribution is -0.151. The first kappa shape index (κ1) is 7.58. The summed E-state index contributed by atoms with van der Waals surface area (Å²) in [5, 5.41) is 0. The topological polar surface area (TPSA) is 26.3 Å². The second-order valence-electron chi connectivity index (χ2n) is 2.80. The van der Waals surface area contributed by atoms with E-state index in [1.807, 2.05) is 6.92 Å². The summed E-state index contributed by atoms with van der Waals surface area (Å²) in [6.45, 7) is 2.60. The summed E-state index contributed by atoms with van der Waals surface area (Å²) in [4.78, 5) is 11.0. The third kappa shape index (κ3) is 1.72. The number of carbonyl (C=O) groups is 1. The first-order chi connectivity index (χ1) is 4.84. The molecular weight excluding hydrogens is 128 g/mol. The average Bonchev–Trinajstić information content (AvgIpc) is 1.79. The van der Waals surface area contributed by atoms with Crippen LogP contribution in [0.2, 0.25) is 0 Å². The van der Waals surface area contributed by atoms with Crippen molar-refractivity contribution in [2.24, 2.45) is 5.92 Å². The van der Waals surface area contributed by atoms with Crippen molar-refractivity contribution < 1.29 is 9.53 Å². The first-order valence-corrected chi connectivity index (χ1v) is 4.01. The molecule has 0 aliphatic heterocycles. The average molecular weight is 142 g/mol. The van der Waals surface area contributed by atoms with Crippen LogP contribution in [-0.4, -0.2) is 12.6 Å². The largest absolute Gasteiger partial charge is 0.465 e. The van der Waals surface area contributed by atoms with Crippen LogP contribution in [0, 0.1) is 5.92 Å². The fraction of sp³-hybridized carbons (Fsp3) is 0.875. The van der Waals surface area contributed by atoms with Crippen LogP contribution in [0.15, 0.2) is 0 Å². The first-order valence-electron chi connectivity index (χ1n) is 4.01. The lowest BCUT2D eigenvalue weighted by atomic mass is 9.86. The van der Waals surface area contributed by atoms with Gasteiger partial charge < -0.3 is 4.74 Å². The number of ether oxygens (including phenoxy) is 1. The van der Waals surface area contributed by atoms with Crippen molar-refractivity contribution in [3.05, 3.63) is 0 Å². The van der Waals surface area contributed by atoms with E-state index in [4.69, 9.17) is 4.74 Å². The van der Waals surface area contributed by atoms with Gasteiger partial charge in [0.25, 0.3) is 0 Å². The quantitative estimate of drug-likeness (QED) is 0.561. The van der Waals surface area contributed by atoms with Crippen molar-refractivity contribution in [3.8, 4) is 0 Å². The van der Waals surface area contributed by atoms with E-state index in [0.29, 0.717) is 6.61 Å². The summed E-state index contributed by atoms with van der Waals surface area (Å²) in [5.74, 6) is 0.264. The SMILES string of the molecule is CCCOC(=O)C1CCC1. The van der Waals surface area contributed by atoms with E-state index >= 15 is 0 Å². The molecule has 1 rings (SSSR count). The highest BCUT2D eigenvalue weighted by Gasteiger charge is 2.26. The molecule has 0 heterocycles. The summed E-state index contributed by atoms with van der Waals surface area (Å²) in [6, 6.07) is 0. The predicted molar refractivity (Wildman–Crippen MR) is 38.6 cm³/mol. The van der Waals surface area contributed by atoms with Gasteiger partial charge in [0, 0.05) is 0 Å². The third-order valence-electron chi connectivity index (χ3n) is 1.89. The second-order valence-corrected chi connectivity index (χ2v) is 2.80. The summed E-state index contributed by atoms with van der Waals surface area (Å²) in [6.07, 6.45) is 4.22. The Hall–Kier alpha value is -0.530. The van der Waals surface area contributed by atoms with Crippen molar-refractivity contribution >= 4 is 5.97 Å². The number of carbonyl (C=O) groups excluding carboxylic acids is 1. The van der Waals surface area contributed by atoms with E-state index in [1.165, 1.54) is 6.42 Å². The molecule has 1 aliphatic carbocycles. The lowest BCUT2D eigenvalue weighted by Crippen LogP contribution is -2.24. The maximum atomic E-state index is 11.0. The molecule has 1 aliphatic rings. The highest BCUT2D eigenvalue weighted by Crippen LogP contribution is 2.27. The van der Waals surface area contributed by atoms with Crippen molar-refractivity contribution in [2.75, 3.05) is 6.61 Å². The smallest absolute Gasteiger partial charge is 0.308 e. The molecule has 0 spiro atoms. The molecule has 0 radical (unpaired) electrons. The van der Waals surface area contributed by atoms with Gasteiger partial charge in [-0.1, -0.05) is 13.3 Å². The van der Waals surface area contributed by atoms with Gasteiger partial charge in [-0.25, -0.2) is 0 Å². The Labute approximate surface area is 61.6 Å². The molecule has 0 amide bonds. The Balaban J connectivity index is 2.08. The Morgan fingerprint density at radius 1 is 1.60 bits per heavy atom. The van der Waals surface area contributed by atoms with Crippen LogP contribution >= 0.6 is 0 Å². The van der Waals surface area contributed by atoms with Gasteiger partial charge in [0.2, 0.25) is 0 Å². The van der Waals surface area contributed by atoms with Crippen LogP contribution in [0.1, 0.15) is 32.6 Å². The molecule has 0 aromatic rings. The summed E-state index contributed by atoms with van der Waals surface area (Å²) < 4.78 is 4.96. The van der Waals surface area contributed by atoms with Crippen molar-refractivity contribution in [3.63, 3.8) is 0 Å². The van der Waals surface area contributed by atoms with Gasteiger partial charge in [-0.2, -0.15) is 0 Å². The molecular formula is C8H14O2. The van der Waals surface area contributed by atoms with Crippen LogP contribution in [0.3, 0.4) is 0 Å². The van der Waals surface area contributed by atoms with E-state index in [9.17, 15) is 4.79 Å². The maximum absolute atomic E-state index is 11.0. The van der Waals surface area contributed by atoms with Gasteiger partial charge in [0.1, 0.15) is 0 Å². The molecule has 0 unspecified atom stereocenters. The molecule has 0 bridgehead atoms. The van der Waals surface area contributed by atoms with Crippen LogP contribution in [0.5, 0.6) is 0 Å². The molecule has 1 fully saturated rings. The van der Waals surface area contributed by atoms with Gasteiger partial charge >= 0.3 is 5.97 Å². The van der Waals surface area contributed by atoms with Gasteiger partial charge in [-0.15, -0.1) is 0 Å². The molecule has 1 saturated carbocycles. The van der Waals surface area contributed by atoms with Gasteiger partial charge in [0.15, 0.2) is 0 Å². The lowest BCUT2D eigenvalue weighted by Gasteiger charge is -2.22. The van der Waals surface area contributed by atoms with E-state index < -0.39 is 0 Å². The van der Waals surface area contributed by atoms with Crippen molar-refractivity contribution in [1.29, 1.82) is 0 Å². The highest BCUT2D eigenvalue weighted by molar-refractivity contribution is 5.73. The van der Waals surface area contributed by atoms with Crippen LogP contribution in [-0.2, 0) is 9.53 Å². The van der Waals surface area contributed by atoms with E-state index in [2.05, 4.69) is 0 Å². The van der Waals surface area contributed by atoms with Crippen molar-refractivity contribution in [1.82, 2.24) is 0 Å². The zero-order valence-corrected chi connectivity index (χ0v) is 6.43. The fourth-order valence-corrected chi connectivity index (χ4v) is 0.964. The molecule has 0 N–H and O–H groups in total. The standard InChI is InChI=1S/C8H14O2/c1-2-6-10-8(9)7-4-3-5-7/h7H,2-6H2,1H3. The minimum Gasteiger partial charge on any atom is -0.465 e. The van der Waals surface area contributed by atoms with Gasteiger partial charge in [0.05, 0.1) is 12.5 Å². The number of hydrogen-bond donors (Lipinski definition) is 0. The highest BCUT2D eigenvalue weighted by atomic mass is 16.5. The van der Waals surface area contributed by atoms with Gasteiger partial charge in [-0.05, 0) is 19.3 Å². The van der Waals surface area contributed by atoms with E-state index in [1.54, 1.807) is 0 Å².